The topological polar surface area (TPSA) is 86.5 Å². The first-order valence-corrected chi connectivity index (χ1v) is 9.92. The standard InChI is InChI=1S/C20H19F4N3O4/c21-12-1-3-13(4-2-12)29-7-15(28)25-19-8-18(9-19,10-19)17-27-26-16(30-17)11-5-14(6-11)31-20(22,23)24/h1-4,11,14H,5-10H2,(H,25,28)/t11-,14+,18?,19?. The number of carbonyl (C=O) groups is 1. The first-order chi connectivity index (χ1) is 14.6. The first kappa shape index (κ1) is 20.2. The third-order valence-electron chi connectivity index (χ3n) is 6.26. The van der Waals surface area contributed by atoms with Crippen LogP contribution in [0.2, 0.25) is 0 Å². The van der Waals surface area contributed by atoms with Crippen LogP contribution in [0.1, 0.15) is 49.8 Å². The Balaban J connectivity index is 1.08. The zero-order valence-corrected chi connectivity index (χ0v) is 16.2. The van der Waals surface area contributed by atoms with Crippen LogP contribution in [-0.2, 0) is 14.9 Å². The molecule has 0 atom stereocenters. The number of rotatable bonds is 7. The fourth-order valence-corrected chi connectivity index (χ4v) is 4.83. The second kappa shape index (κ2) is 6.91. The molecule has 6 rings (SSSR count). The molecular formula is C20H19F4N3O4. The van der Waals surface area contributed by atoms with Gasteiger partial charge in [0.2, 0.25) is 11.8 Å². The SMILES string of the molecule is O=C(COc1ccc(F)cc1)NC12CC(c3nnc([C@H]4C[C@@H](OC(F)(F)F)C4)o3)(C1)C2. The molecule has 2 bridgehead atoms. The van der Waals surface area contributed by atoms with Crippen molar-refractivity contribution in [2.24, 2.45) is 0 Å². The molecule has 166 valence electrons. The summed E-state index contributed by atoms with van der Waals surface area (Å²) in [7, 11) is 0. The molecule has 0 spiro atoms. The molecule has 4 fully saturated rings. The average Bonchev–Trinajstić information content (AvgIpc) is 3.07. The summed E-state index contributed by atoms with van der Waals surface area (Å²) in [6, 6.07) is 5.41. The number of hydrogen-bond donors (Lipinski definition) is 1. The summed E-state index contributed by atoms with van der Waals surface area (Å²) in [5.41, 5.74) is -0.595. The minimum Gasteiger partial charge on any atom is -0.484 e. The van der Waals surface area contributed by atoms with Gasteiger partial charge in [-0.05, 0) is 56.4 Å². The van der Waals surface area contributed by atoms with Gasteiger partial charge in [-0.1, -0.05) is 0 Å². The summed E-state index contributed by atoms with van der Waals surface area (Å²) < 4.78 is 64.7. The molecule has 4 aliphatic rings. The van der Waals surface area contributed by atoms with Gasteiger partial charge >= 0.3 is 6.36 Å². The molecule has 4 saturated carbocycles. The Morgan fingerprint density at radius 1 is 1.16 bits per heavy atom. The zero-order chi connectivity index (χ0) is 21.9. The van der Waals surface area contributed by atoms with E-state index in [1.54, 1.807) is 0 Å². The van der Waals surface area contributed by atoms with Crippen molar-refractivity contribution >= 4 is 5.91 Å². The number of carbonyl (C=O) groups excluding carboxylic acids is 1. The van der Waals surface area contributed by atoms with Crippen molar-refractivity contribution in [1.82, 2.24) is 15.5 Å². The van der Waals surface area contributed by atoms with Crippen molar-refractivity contribution < 1.29 is 36.2 Å². The van der Waals surface area contributed by atoms with E-state index in [-0.39, 0.29) is 48.0 Å². The summed E-state index contributed by atoms with van der Waals surface area (Å²) >= 11 is 0. The molecule has 1 heterocycles. The van der Waals surface area contributed by atoms with Gasteiger partial charge in [0.25, 0.3) is 5.91 Å². The summed E-state index contributed by atoms with van der Waals surface area (Å²) in [5, 5.41) is 11.1. The highest BCUT2D eigenvalue weighted by molar-refractivity contribution is 5.79. The number of benzene rings is 1. The van der Waals surface area contributed by atoms with E-state index in [0.29, 0.717) is 36.8 Å². The molecule has 0 aliphatic heterocycles. The minimum atomic E-state index is -4.63. The third kappa shape index (κ3) is 3.86. The quantitative estimate of drug-likeness (QED) is 0.664. The van der Waals surface area contributed by atoms with Crippen LogP contribution in [0.3, 0.4) is 0 Å². The van der Waals surface area contributed by atoms with E-state index in [1.807, 2.05) is 0 Å². The van der Waals surface area contributed by atoms with Crippen LogP contribution >= 0.6 is 0 Å². The maximum Gasteiger partial charge on any atom is 0.522 e. The maximum absolute atomic E-state index is 12.9. The van der Waals surface area contributed by atoms with Crippen molar-refractivity contribution in [2.45, 2.75) is 61.4 Å². The van der Waals surface area contributed by atoms with Crippen LogP contribution < -0.4 is 10.1 Å². The maximum atomic E-state index is 12.9. The summed E-state index contributed by atoms with van der Waals surface area (Å²) in [4.78, 5) is 12.2. The van der Waals surface area contributed by atoms with E-state index in [0.717, 1.165) is 0 Å². The van der Waals surface area contributed by atoms with Crippen molar-refractivity contribution in [3.8, 4) is 5.75 Å². The lowest BCUT2D eigenvalue weighted by molar-refractivity contribution is -0.352. The number of alkyl halides is 3. The molecule has 1 amide bonds. The predicted molar refractivity (Wildman–Crippen MR) is 95.5 cm³/mol. The molecule has 11 heteroatoms. The van der Waals surface area contributed by atoms with Crippen LogP contribution in [0, 0.1) is 5.82 Å². The van der Waals surface area contributed by atoms with Crippen molar-refractivity contribution in [3.63, 3.8) is 0 Å². The Morgan fingerprint density at radius 2 is 1.84 bits per heavy atom. The molecule has 1 aromatic carbocycles. The monoisotopic (exact) mass is 441 g/mol. The number of amides is 1. The van der Waals surface area contributed by atoms with Gasteiger partial charge in [0.05, 0.1) is 11.5 Å². The Hall–Kier alpha value is -2.69. The lowest BCUT2D eigenvalue weighted by Gasteiger charge is -2.68. The fourth-order valence-electron chi connectivity index (χ4n) is 4.83. The van der Waals surface area contributed by atoms with Crippen LogP contribution in [0.5, 0.6) is 5.75 Å². The molecular weight excluding hydrogens is 422 g/mol. The van der Waals surface area contributed by atoms with Gasteiger partial charge < -0.3 is 14.5 Å². The Labute approximate surface area is 174 Å². The molecule has 2 aromatic rings. The van der Waals surface area contributed by atoms with Gasteiger partial charge in [-0.2, -0.15) is 0 Å². The van der Waals surface area contributed by atoms with Gasteiger partial charge in [-0.25, -0.2) is 4.39 Å². The van der Waals surface area contributed by atoms with E-state index < -0.39 is 12.5 Å². The van der Waals surface area contributed by atoms with Gasteiger partial charge in [0.1, 0.15) is 11.6 Å². The van der Waals surface area contributed by atoms with E-state index in [2.05, 4.69) is 20.3 Å². The van der Waals surface area contributed by atoms with E-state index >= 15 is 0 Å². The number of nitrogens with one attached hydrogen (secondary N) is 1. The number of ether oxygens (including phenoxy) is 2. The van der Waals surface area contributed by atoms with Crippen LogP contribution in [-0.4, -0.2) is 40.7 Å². The normalized spacial score (nSPS) is 31.2. The smallest absolute Gasteiger partial charge is 0.484 e. The Morgan fingerprint density at radius 3 is 2.48 bits per heavy atom. The minimum absolute atomic E-state index is 0.173. The third-order valence-corrected chi connectivity index (χ3v) is 6.26. The average molecular weight is 441 g/mol. The highest BCUT2D eigenvalue weighted by Crippen LogP contribution is 2.67. The summed E-state index contributed by atoms with van der Waals surface area (Å²) in [6.45, 7) is -0.173. The van der Waals surface area contributed by atoms with Crippen molar-refractivity contribution in [1.29, 1.82) is 0 Å². The molecule has 31 heavy (non-hydrogen) atoms. The van der Waals surface area contributed by atoms with Gasteiger partial charge in [0.15, 0.2) is 6.61 Å². The van der Waals surface area contributed by atoms with Crippen LogP contribution in [0.25, 0.3) is 0 Å². The predicted octanol–water partition coefficient (Wildman–Crippen LogP) is 3.36. The van der Waals surface area contributed by atoms with Crippen LogP contribution in [0.4, 0.5) is 17.6 Å². The number of hydrogen-bond acceptors (Lipinski definition) is 6. The molecule has 7 nitrogen and oxygen atoms in total. The number of nitrogens with zero attached hydrogens (tertiary/aromatic N) is 2. The van der Waals surface area contributed by atoms with Gasteiger partial charge in [-0.3, -0.25) is 9.53 Å². The molecule has 0 radical (unpaired) electrons. The van der Waals surface area contributed by atoms with E-state index in [4.69, 9.17) is 9.15 Å². The summed E-state index contributed by atoms with van der Waals surface area (Å²) in [5.74, 6) is 0.343. The second-order valence-corrected chi connectivity index (χ2v) is 8.68. The van der Waals surface area contributed by atoms with E-state index in [1.165, 1.54) is 24.3 Å². The van der Waals surface area contributed by atoms with E-state index in [9.17, 15) is 22.4 Å². The van der Waals surface area contributed by atoms with Crippen molar-refractivity contribution in [2.75, 3.05) is 6.61 Å². The van der Waals surface area contributed by atoms with Crippen LogP contribution in [0.15, 0.2) is 28.7 Å². The molecule has 1 N–H and O–H groups in total. The Bertz CT molecular complexity index is 965. The first-order valence-electron chi connectivity index (χ1n) is 9.92. The highest BCUT2D eigenvalue weighted by Gasteiger charge is 2.72. The van der Waals surface area contributed by atoms with Crippen molar-refractivity contribution in [3.05, 3.63) is 41.9 Å². The largest absolute Gasteiger partial charge is 0.522 e. The Kier molecular flexibility index (Phi) is 4.51. The molecule has 0 saturated heterocycles. The molecule has 4 aliphatic carbocycles. The number of halogens is 4. The van der Waals surface area contributed by atoms with Gasteiger partial charge in [0, 0.05) is 11.5 Å². The molecule has 0 unspecified atom stereocenters. The zero-order valence-electron chi connectivity index (χ0n) is 16.2. The molecule has 1 aromatic heterocycles. The summed E-state index contributed by atoms with van der Waals surface area (Å²) in [6.07, 6.45) is -3.13. The second-order valence-electron chi connectivity index (χ2n) is 8.68. The highest BCUT2D eigenvalue weighted by atomic mass is 19.4. The fraction of sp³-hybridized carbons (Fsp3) is 0.550. The lowest BCUT2D eigenvalue weighted by atomic mass is 9.39. The number of aromatic nitrogens is 2. The lowest BCUT2D eigenvalue weighted by Crippen LogP contribution is -2.77. The van der Waals surface area contributed by atoms with Gasteiger partial charge in [-0.15, -0.1) is 23.4 Å².